The van der Waals surface area contributed by atoms with E-state index in [1.807, 2.05) is 13.8 Å². The lowest BCUT2D eigenvalue weighted by Crippen LogP contribution is -2.64. The molecule has 0 aromatic heterocycles. The van der Waals surface area contributed by atoms with E-state index >= 15 is 0 Å². The van der Waals surface area contributed by atoms with Gasteiger partial charge in [-0.1, -0.05) is 40.5 Å². The van der Waals surface area contributed by atoms with Crippen LogP contribution in [0.4, 0.5) is 0 Å². The van der Waals surface area contributed by atoms with E-state index < -0.39 is 41.2 Å². The first kappa shape index (κ1) is 23.0. The van der Waals surface area contributed by atoms with Crippen molar-refractivity contribution in [1.82, 2.24) is 0 Å². The zero-order chi connectivity index (χ0) is 21.2. The SMILES string of the molecule is CCCCC(C)C1C(=O)C(O)C2CC(C)CC(C(=O)O)C2C1(C)C(=O)CCO. The molecule has 2 aliphatic carbocycles. The fourth-order valence-electron chi connectivity index (χ4n) is 6.22. The Morgan fingerprint density at radius 1 is 1.29 bits per heavy atom. The zero-order valence-electron chi connectivity index (χ0n) is 17.6. The minimum Gasteiger partial charge on any atom is -0.481 e. The Balaban J connectivity index is 2.60. The Bertz CT molecular complexity index is 602. The predicted octanol–water partition coefficient (Wildman–Crippen LogP) is 2.69. The molecule has 6 nitrogen and oxygen atoms in total. The van der Waals surface area contributed by atoms with Crippen molar-refractivity contribution in [1.29, 1.82) is 0 Å². The van der Waals surface area contributed by atoms with Crippen LogP contribution in [-0.2, 0) is 14.4 Å². The molecule has 6 heteroatoms. The molecule has 3 N–H and O–H groups in total. The zero-order valence-corrected chi connectivity index (χ0v) is 17.6. The number of carbonyl (C=O) groups excluding carboxylic acids is 2. The first-order chi connectivity index (χ1) is 13.1. The topological polar surface area (TPSA) is 112 Å². The van der Waals surface area contributed by atoms with Crippen molar-refractivity contribution >= 4 is 17.5 Å². The minimum absolute atomic E-state index is 0.0658. The second-order valence-corrected chi connectivity index (χ2v) is 9.33. The first-order valence-electron chi connectivity index (χ1n) is 10.7. The minimum atomic E-state index is -1.22. The molecule has 0 bridgehead atoms. The fourth-order valence-corrected chi connectivity index (χ4v) is 6.22. The molecule has 8 unspecified atom stereocenters. The summed E-state index contributed by atoms with van der Waals surface area (Å²) >= 11 is 0. The summed E-state index contributed by atoms with van der Waals surface area (Å²) in [4.78, 5) is 38.7. The van der Waals surface area contributed by atoms with Gasteiger partial charge in [0.15, 0.2) is 5.78 Å². The molecule has 28 heavy (non-hydrogen) atoms. The molecule has 2 rings (SSSR count). The Morgan fingerprint density at radius 3 is 2.46 bits per heavy atom. The van der Waals surface area contributed by atoms with Crippen molar-refractivity contribution < 1.29 is 29.7 Å². The molecule has 0 aromatic carbocycles. The van der Waals surface area contributed by atoms with E-state index in [0.717, 1.165) is 19.3 Å². The Morgan fingerprint density at radius 2 is 1.93 bits per heavy atom. The van der Waals surface area contributed by atoms with Crippen molar-refractivity contribution in [3.05, 3.63) is 0 Å². The molecule has 0 aromatic rings. The Kier molecular flexibility index (Phi) is 7.43. The molecule has 0 heterocycles. The van der Waals surface area contributed by atoms with Crippen molar-refractivity contribution in [2.45, 2.75) is 72.3 Å². The van der Waals surface area contributed by atoms with Crippen molar-refractivity contribution in [3.63, 3.8) is 0 Å². The van der Waals surface area contributed by atoms with E-state index in [0.29, 0.717) is 12.8 Å². The second kappa shape index (κ2) is 9.04. The summed E-state index contributed by atoms with van der Waals surface area (Å²) in [6, 6.07) is 0. The molecule has 0 radical (unpaired) electrons. The van der Waals surface area contributed by atoms with Gasteiger partial charge in [-0.3, -0.25) is 14.4 Å². The number of aliphatic carboxylic acids is 1. The van der Waals surface area contributed by atoms with Crippen LogP contribution in [0, 0.1) is 40.9 Å². The monoisotopic (exact) mass is 396 g/mol. The molecule has 8 atom stereocenters. The lowest BCUT2D eigenvalue weighted by Gasteiger charge is -2.57. The summed E-state index contributed by atoms with van der Waals surface area (Å²) in [6.45, 7) is 7.32. The second-order valence-electron chi connectivity index (χ2n) is 9.33. The number of ketones is 2. The van der Waals surface area contributed by atoms with Crippen LogP contribution in [0.15, 0.2) is 0 Å². The van der Waals surface area contributed by atoms with Crippen LogP contribution in [0.2, 0.25) is 0 Å². The number of hydrogen-bond donors (Lipinski definition) is 3. The van der Waals surface area contributed by atoms with Crippen LogP contribution in [0.1, 0.15) is 66.2 Å². The van der Waals surface area contributed by atoms with E-state index in [1.54, 1.807) is 6.92 Å². The van der Waals surface area contributed by atoms with E-state index in [1.165, 1.54) is 0 Å². The number of Topliss-reactive ketones (excluding diaryl/α,β-unsaturated/α-hetero) is 2. The third-order valence-corrected chi connectivity index (χ3v) is 7.41. The van der Waals surface area contributed by atoms with Gasteiger partial charge in [0, 0.05) is 24.4 Å². The van der Waals surface area contributed by atoms with Gasteiger partial charge in [0.05, 0.1) is 5.92 Å². The van der Waals surface area contributed by atoms with Gasteiger partial charge in [-0.25, -0.2) is 0 Å². The summed E-state index contributed by atoms with van der Waals surface area (Å²) in [5.41, 5.74) is -1.18. The molecule has 2 aliphatic rings. The first-order valence-corrected chi connectivity index (χ1v) is 10.7. The van der Waals surface area contributed by atoms with E-state index in [4.69, 9.17) is 0 Å². The Hall–Kier alpha value is -1.27. The van der Waals surface area contributed by atoms with Gasteiger partial charge in [0.1, 0.15) is 11.9 Å². The normalized spacial score (nSPS) is 39.3. The highest BCUT2D eigenvalue weighted by atomic mass is 16.4. The maximum atomic E-state index is 13.3. The van der Waals surface area contributed by atoms with Crippen molar-refractivity contribution in [3.8, 4) is 0 Å². The van der Waals surface area contributed by atoms with Gasteiger partial charge in [-0.15, -0.1) is 0 Å². The van der Waals surface area contributed by atoms with Gasteiger partial charge in [-0.05, 0) is 42.9 Å². The van der Waals surface area contributed by atoms with Gasteiger partial charge in [0.2, 0.25) is 0 Å². The fraction of sp³-hybridized carbons (Fsp3) is 0.864. The molecular weight excluding hydrogens is 360 g/mol. The summed E-state index contributed by atoms with van der Waals surface area (Å²) in [7, 11) is 0. The molecule has 0 spiro atoms. The number of aliphatic hydroxyl groups is 2. The van der Waals surface area contributed by atoms with Crippen LogP contribution in [0.3, 0.4) is 0 Å². The number of rotatable bonds is 8. The molecule has 160 valence electrons. The van der Waals surface area contributed by atoms with Gasteiger partial charge in [-0.2, -0.15) is 0 Å². The average Bonchev–Trinajstić information content (AvgIpc) is 2.63. The number of unbranched alkanes of at least 4 members (excludes halogenated alkanes) is 1. The summed E-state index contributed by atoms with van der Waals surface area (Å²) in [5, 5.41) is 30.2. The lowest BCUT2D eigenvalue weighted by atomic mass is 9.45. The number of fused-ring (bicyclic) bond motifs is 1. The number of carboxylic acid groups (broad SMARTS) is 1. The maximum Gasteiger partial charge on any atom is 0.306 e. The highest BCUT2D eigenvalue weighted by Crippen LogP contribution is 2.58. The molecular formula is C22H36O6. The number of hydrogen-bond acceptors (Lipinski definition) is 5. The summed E-state index contributed by atoms with van der Waals surface area (Å²) in [5.74, 6) is -4.22. The maximum absolute atomic E-state index is 13.3. The van der Waals surface area contributed by atoms with Crippen LogP contribution in [0.5, 0.6) is 0 Å². The van der Waals surface area contributed by atoms with Crippen molar-refractivity contribution in [2.75, 3.05) is 6.61 Å². The average molecular weight is 397 g/mol. The lowest BCUT2D eigenvalue weighted by molar-refractivity contribution is -0.184. The third kappa shape index (κ3) is 3.90. The molecule has 0 saturated heterocycles. The summed E-state index contributed by atoms with van der Waals surface area (Å²) in [6.07, 6.45) is 2.26. The van der Waals surface area contributed by atoms with E-state index in [-0.39, 0.29) is 36.4 Å². The van der Waals surface area contributed by atoms with Crippen LogP contribution < -0.4 is 0 Å². The molecule has 2 fully saturated rings. The van der Waals surface area contributed by atoms with Gasteiger partial charge >= 0.3 is 5.97 Å². The smallest absolute Gasteiger partial charge is 0.306 e. The van der Waals surface area contributed by atoms with Gasteiger partial charge in [0.25, 0.3) is 0 Å². The third-order valence-electron chi connectivity index (χ3n) is 7.41. The standard InChI is InChI=1S/C22H36O6/c1-5-6-7-13(3)17-20(26)19(25)14-10-12(2)11-15(21(27)28)18(14)22(17,4)16(24)8-9-23/h12-15,17-19,23,25H,5-11H2,1-4H3,(H,27,28). The Labute approximate surface area is 167 Å². The summed E-state index contributed by atoms with van der Waals surface area (Å²) < 4.78 is 0. The van der Waals surface area contributed by atoms with Gasteiger partial charge < -0.3 is 15.3 Å². The number of carboxylic acids is 1. The number of carbonyl (C=O) groups is 3. The van der Waals surface area contributed by atoms with E-state index in [2.05, 4.69) is 6.92 Å². The highest BCUT2D eigenvalue weighted by molar-refractivity contribution is 5.97. The molecule has 0 aliphatic heterocycles. The highest BCUT2D eigenvalue weighted by Gasteiger charge is 2.64. The quantitative estimate of drug-likeness (QED) is 0.581. The predicted molar refractivity (Wildman–Crippen MR) is 105 cm³/mol. The van der Waals surface area contributed by atoms with Crippen LogP contribution in [-0.4, -0.2) is 45.6 Å². The molecule has 2 saturated carbocycles. The largest absolute Gasteiger partial charge is 0.481 e. The van der Waals surface area contributed by atoms with Crippen LogP contribution in [0.25, 0.3) is 0 Å². The van der Waals surface area contributed by atoms with Crippen molar-refractivity contribution in [2.24, 2.45) is 40.9 Å². The molecule has 0 amide bonds. The van der Waals surface area contributed by atoms with E-state index in [9.17, 15) is 29.7 Å². The van der Waals surface area contributed by atoms with Crippen LogP contribution >= 0.6 is 0 Å². The number of aliphatic hydroxyl groups excluding tert-OH is 2.